The average Bonchev–Trinajstić information content (AvgIpc) is 3.08. The number of hydrogen-bond acceptors (Lipinski definition) is 4. The van der Waals surface area contributed by atoms with Gasteiger partial charge in [0.05, 0.1) is 11.0 Å². The standard InChI is InChI=1S/C16H14N4O2S/c1-9-7-13-16(17-9)12(8-15-19-18-10(2)20(13)15)11-5-3-4-6-14(11)23(21)22/h3-8,17H,1-2H3,(H,21,22)/p-1. The van der Waals surface area contributed by atoms with Crippen LogP contribution in [-0.4, -0.2) is 28.3 Å². The Morgan fingerprint density at radius 3 is 2.70 bits per heavy atom. The van der Waals surface area contributed by atoms with Gasteiger partial charge in [-0.25, -0.2) is 0 Å². The first-order chi connectivity index (χ1) is 11.1. The van der Waals surface area contributed by atoms with Crippen molar-refractivity contribution in [3.8, 4) is 11.1 Å². The summed E-state index contributed by atoms with van der Waals surface area (Å²) in [4.78, 5) is 3.59. The highest BCUT2D eigenvalue weighted by atomic mass is 32.2. The molecular formula is C16H13N4O2S-. The Balaban J connectivity index is 2.17. The molecule has 1 unspecified atom stereocenters. The summed E-state index contributed by atoms with van der Waals surface area (Å²) in [6.07, 6.45) is 0. The first-order valence-corrected chi connectivity index (χ1v) is 8.16. The molecule has 1 atom stereocenters. The number of pyridine rings is 1. The summed E-state index contributed by atoms with van der Waals surface area (Å²) in [7, 11) is 0. The zero-order chi connectivity index (χ0) is 16.1. The number of H-pyrrole nitrogens is 1. The van der Waals surface area contributed by atoms with Gasteiger partial charge in [-0.05, 0) is 48.7 Å². The van der Waals surface area contributed by atoms with E-state index in [0.717, 1.165) is 28.1 Å². The van der Waals surface area contributed by atoms with E-state index in [-0.39, 0.29) is 4.90 Å². The maximum atomic E-state index is 11.6. The third-order valence-electron chi connectivity index (χ3n) is 3.92. The lowest BCUT2D eigenvalue weighted by molar-refractivity contribution is 0.537. The molecular weight excluding hydrogens is 312 g/mol. The van der Waals surface area contributed by atoms with Gasteiger partial charge in [0.2, 0.25) is 0 Å². The van der Waals surface area contributed by atoms with Crippen LogP contribution in [0.25, 0.3) is 27.8 Å². The van der Waals surface area contributed by atoms with Gasteiger partial charge >= 0.3 is 0 Å². The molecule has 0 bridgehead atoms. The van der Waals surface area contributed by atoms with E-state index in [1.807, 2.05) is 36.4 Å². The van der Waals surface area contributed by atoms with Gasteiger partial charge < -0.3 is 9.54 Å². The molecule has 0 saturated heterocycles. The largest absolute Gasteiger partial charge is 0.768 e. The number of benzene rings is 1. The summed E-state index contributed by atoms with van der Waals surface area (Å²) in [5.74, 6) is 0.788. The van der Waals surface area contributed by atoms with Gasteiger partial charge in [0.1, 0.15) is 5.82 Å². The van der Waals surface area contributed by atoms with Gasteiger partial charge in [0.15, 0.2) is 5.65 Å². The van der Waals surface area contributed by atoms with Crippen LogP contribution in [-0.2, 0) is 11.1 Å². The molecule has 0 aliphatic rings. The molecule has 23 heavy (non-hydrogen) atoms. The molecule has 4 rings (SSSR count). The summed E-state index contributed by atoms with van der Waals surface area (Å²) in [6.45, 7) is 3.86. The zero-order valence-electron chi connectivity index (χ0n) is 12.5. The molecule has 0 radical (unpaired) electrons. The Morgan fingerprint density at radius 2 is 1.91 bits per heavy atom. The fourth-order valence-electron chi connectivity index (χ4n) is 2.97. The minimum Gasteiger partial charge on any atom is -0.768 e. The highest BCUT2D eigenvalue weighted by Crippen LogP contribution is 2.33. The molecule has 0 spiro atoms. The number of hydrogen-bond donors (Lipinski definition) is 1. The molecule has 1 N–H and O–H groups in total. The number of aromatic amines is 1. The van der Waals surface area contributed by atoms with Crippen LogP contribution in [0.15, 0.2) is 41.3 Å². The van der Waals surface area contributed by atoms with E-state index in [2.05, 4.69) is 15.2 Å². The topological polar surface area (TPSA) is 86.1 Å². The maximum absolute atomic E-state index is 11.6. The predicted molar refractivity (Wildman–Crippen MR) is 86.9 cm³/mol. The lowest BCUT2D eigenvalue weighted by atomic mass is 10.1. The van der Waals surface area contributed by atoms with Crippen LogP contribution in [0.5, 0.6) is 0 Å². The number of nitrogens with one attached hydrogen (secondary N) is 1. The molecule has 3 aromatic heterocycles. The van der Waals surface area contributed by atoms with E-state index >= 15 is 0 Å². The summed E-state index contributed by atoms with van der Waals surface area (Å²) >= 11 is -2.31. The highest BCUT2D eigenvalue weighted by molar-refractivity contribution is 7.79. The minimum atomic E-state index is -2.31. The summed E-state index contributed by atoms with van der Waals surface area (Å²) in [5, 5.41) is 8.31. The van der Waals surface area contributed by atoms with Crippen molar-refractivity contribution >= 4 is 27.8 Å². The van der Waals surface area contributed by atoms with Crippen molar-refractivity contribution in [2.24, 2.45) is 0 Å². The number of nitrogens with zero attached hydrogens (tertiary/aromatic N) is 3. The molecule has 116 valence electrons. The van der Waals surface area contributed by atoms with Gasteiger partial charge in [0.25, 0.3) is 0 Å². The predicted octanol–water partition coefficient (Wildman–Crippen LogP) is 2.73. The Hall–Kier alpha value is -2.51. The molecule has 0 saturated carbocycles. The van der Waals surface area contributed by atoms with Crippen LogP contribution < -0.4 is 0 Å². The van der Waals surface area contributed by atoms with Crippen molar-refractivity contribution in [1.29, 1.82) is 0 Å². The molecule has 0 aliphatic carbocycles. The fourth-order valence-corrected chi connectivity index (χ4v) is 3.52. The normalized spacial score (nSPS) is 13.0. The van der Waals surface area contributed by atoms with E-state index in [0.29, 0.717) is 11.2 Å². The summed E-state index contributed by atoms with van der Waals surface area (Å²) in [6, 6.07) is 10.8. The fraction of sp³-hybridized carbons (Fsp3) is 0.125. The van der Waals surface area contributed by atoms with Gasteiger partial charge in [0, 0.05) is 16.2 Å². The van der Waals surface area contributed by atoms with Crippen LogP contribution in [0.2, 0.25) is 0 Å². The molecule has 0 amide bonds. The SMILES string of the molecule is Cc1cc2c([nH]1)c(-c1ccccc1S(=O)[O-])cc1nnc(C)n12. The summed E-state index contributed by atoms with van der Waals surface area (Å²) < 4.78 is 25.1. The van der Waals surface area contributed by atoms with Gasteiger partial charge in [-0.15, -0.1) is 10.2 Å². The average molecular weight is 325 g/mol. The second-order valence-corrected chi connectivity index (χ2v) is 6.35. The monoisotopic (exact) mass is 325 g/mol. The van der Waals surface area contributed by atoms with Crippen molar-refractivity contribution in [2.45, 2.75) is 18.7 Å². The van der Waals surface area contributed by atoms with Gasteiger partial charge in [-0.1, -0.05) is 18.2 Å². The van der Waals surface area contributed by atoms with Crippen molar-refractivity contribution in [1.82, 2.24) is 19.6 Å². The summed E-state index contributed by atoms with van der Waals surface area (Å²) in [5.41, 5.74) is 4.93. The van der Waals surface area contributed by atoms with E-state index in [4.69, 9.17) is 0 Å². The first-order valence-electron chi connectivity index (χ1n) is 7.09. The van der Waals surface area contributed by atoms with Crippen molar-refractivity contribution < 1.29 is 8.76 Å². The Kier molecular flexibility index (Phi) is 3.07. The second kappa shape index (κ2) is 5.00. The Morgan fingerprint density at radius 1 is 1.13 bits per heavy atom. The van der Waals surface area contributed by atoms with E-state index in [1.54, 1.807) is 18.2 Å². The third kappa shape index (κ3) is 2.08. The molecule has 0 aliphatic heterocycles. The lowest BCUT2D eigenvalue weighted by Gasteiger charge is -2.13. The molecule has 6 nitrogen and oxygen atoms in total. The lowest BCUT2D eigenvalue weighted by Crippen LogP contribution is -1.96. The highest BCUT2D eigenvalue weighted by Gasteiger charge is 2.16. The molecule has 3 heterocycles. The number of aromatic nitrogens is 4. The number of rotatable bonds is 2. The van der Waals surface area contributed by atoms with Crippen LogP contribution in [0.1, 0.15) is 11.5 Å². The molecule has 0 fully saturated rings. The molecule has 7 heteroatoms. The van der Waals surface area contributed by atoms with Gasteiger partial charge in [-0.2, -0.15) is 0 Å². The smallest absolute Gasteiger partial charge is 0.162 e. The molecule has 1 aromatic carbocycles. The minimum absolute atomic E-state index is 0.265. The number of aryl methyl sites for hydroxylation is 2. The van der Waals surface area contributed by atoms with Crippen molar-refractivity contribution in [3.05, 3.63) is 47.9 Å². The van der Waals surface area contributed by atoms with Crippen molar-refractivity contribution in [3.63, 3.8) is 0 Å². The second-order valence-electron chi connectivity index (χ2n) is 5.44. The zero-order valence-corrected chi connectivity index (χ0v) is 13.3. The van der Waals surface area contributed by atoms with Crippen molar-refractivity contribution in [2.75, 3.05) is 0 Å². The van der Waals surface area contributed by atoms with Crippen LogP contribution >= 0.6 is 0 Å². The van der Waals surface area contributed by atoms with Crippen LogP contribution in [0.3, 0.4) is 0 Å². The molecule has 4 aromatic rings. The third-order valence-corrected chi connectivity index (χ3v) is 4.64. The van der Waals surface area contributed by atoms with E-state index < -0.39 is 11.1 Å². The quantitative estimate of drug-likeness (QED) is 0.574. The first kappa shape index (κ1) is 14.1. The van der Waals surface area contributed by atoms with Crippen LogP contribution in [0.4, 0.5) is 0 Å². The van der Waals surface area contributed by atoms with Gasteiger partial charge in [-0.3, -0.25) is 8.61 Å². The Bertz CT molecular complexity index is 1080. The van der Waals surface area contributed by atoms with E-state index in [1.165, 1.54) is 0 Å². The van der Waals surface area contributed by atoms with Crippen LogP contribution in [0, 0.1) is 13.8 Å². The number of fused-ring (bicyclic) bond motifs is 3. The maximum Gasteiger partial charge on any atom is 0.162 e. The van der Waals surface area contributed by atoms with E-state index in [9.17, 15) is 8.76 Å². The Labute approximate surface area is 134 Å².